The van der Waals surface area contributed by atoms with E-state index in [1.807, 2.05) is 6.92 Å². The Morgan fingerprint density at radius 2 is 1.71 bits per heavy atom. The van der Waals surface area contributed by atoms with Gasteiger partial charge in [0.1, 0.15) is 11.6 Å². The van der Waals surface area contributed by atoms with Gasteiger partial charge in [-0.25, -0.2) is 8.78 Å². The zero-order valence-electron chi connectivity index (χ0n) is 10.8. The molecule has 0 saturated heterocycles. The Morgan fingerprint density at radius 3 is 2.24 bits per heavy atom. The first-order valence-electron chi connectivity index (χ1n) is 6.25. The predicted octanol–water partition coefficient (Wildman–Crippen LogP) is 4.19. The molecule has 0 aliphatic heterocycles. The van der Waals surface area contributed by atoms with Crippen LogP contribution in [0.1, 0.15) is 51.6 Å². The van der Waals surface area contributed by atoms with E-state index in [1.54, 1.807) is 0 Å². The quantitative estimate of drug-likeness (QED) is 0.787. The molecule has 0 radical (unpaired) electrons. The van der Waals surface area contributed by atoms with Gasteiger partial charge in [-0.05, 0) is 38.0 Å². The molecule has 17 heavy (non-hydrogen) atoms. The minimum Gasteiger partial charge on any atom is -0.308 e. The Morgan fingerprint density at radius 1 is 1.12 bits per heavy atom. The first-order chi connectivity index (χ1) is 8.02. The van der Waals surface area contributed by atoms with E-state index in [0.717, 1.165) is 18.9 Å². The molecule has 1 rings (SSSR count). The minimum atomic E-state index is -0.519. The van der Waals surface area contributed by atoms with E-state index in [-0.39, 0.29) is 6.04 Å². The number of hydrogen-bond donors (Lipinski definition) is 1. The molecule has 0 aromatic heterocycles. The first kappa shape index (κ1) is 14.1. The largest absolute Gasteiger partial charge is 0.308 e. The molecule has 0 fully saturated rings. The lowest BCUT2D eigenvalue weighted by molar-refractivity contribution is 0.441. The number of benzene rings is 1. The van der Waals surface area contributed by atoms with E-state index in [0.29, 0.717) is 11.6 Å². The molecule has 96 valence electrons. The summed E-state index contributed by atoms with van der Waals surface area (Å²) < 4.78 is 26.1. The Hall–Kier alpha value is -0.960. The number of halogens is 2. The molecular weight excluding hydrogens is 220 g/mol. The van der Waals surface area contributed by atoms with E-state index < -0.39 is 11.6 Å². The second-order valence-corrected chi connectivity index (χ2v) is 4.63. The maximum Gasteiger partial charge on any atom is 0.126 e. The standard InChI is InChI=1S/C14H21F2N/c1-4-5-6-10(2)17-11(3)12-7-13(15)9-14(16)8-12/h7-11,17H,4-6H2,1-3H3. The Labute approximate surface area is 102 Å². The third-order valence-electron chi connectivity index (χ3n) is 2.91. The predicted molar refractivity (Wildman–Crippen MR) is 66.9 cm³/mol. The summed E-state index contributed by atoms with van der Waals surface area (Å²) in [6, 6.07) is 3.99. The molecule has 0 heterocycles. The summed E-state index contributed by atoms with van der Waals surface area (Å²) >= 11 is 0. The topological polar surface area (TPSA) is 12.0 Å². The van der Waals surface area contributed by atoms with Crippen molar-refractivity contribution in [2.45, 2.75) is 52.1 Å². The van der Waals surface area contributed by atoms with Gasteiger partial charge in [-0.15, -0.1) is 0 Å². The summed E-state index contributed by atoms with van der Waals surface area (Å²) in [6.45, 7) is 6.18. The van der Waals surface area contributed by atoms with Gasteiger partial charge in [0, 0.05) is 18.2 Å². The SMILES string of the molecule is CCCCC(C)NC(C)c1cc(F)cc(F)c1. The molecule has 0 bridgehead atoms. The van der Waals surface area contributed by atoms with Crippen LogP contribution in [-0.2, 0) is 0 Å². The van der Waals surface area contributed by atoms with Gasteiger partial charge in [0.15, 0.2) is 0 Å². The molecule has 3 heteroatoms. The van der Waals surface area contributed by atoms with E-state index in [9.17, 15) is 8.78 Å². The maximum atomic E-state index is 13.1. The van der Waals surface area contributed by atoms with E-state index >= 15 is 0 Å². The van der Waals surface area contributed by atoms with Crippen LogP contribution in [0.5, 0.6) is 0 Å². The lowest BCUT2D eigenvalue weighted by Gasteiger charge is -2.20. The molecule has 0 spiro atoms. The summed E-state index contributed by atoms with van der Waals surface area (Å²) in [5, 5.41) is 3.35. The van der Waals surface area contributed by atoms with Crippen LogP contribution < -0.4 is 5.32 Å². The van der Waals surface area contributed by atoms with Gasteiger partial charge in [-0.2, -0.15) is 0 Å². The number of nitrogens with one attached hydrogen (secondary N) is 1. The minimum absolute atomic E-state index is 0.0351. The molecule has 0 saturated carbocycles. The second kappa shape index (κ2) is 6.70. The highest BCUT2D eigenvalue weighted by molar-refractivity contribution is 5.20. The van der Waals surface area contributed by atoms with E-state index in [2.05, 4.69) is 19.2 Å². The van der Waals surface area contributed by atoms with Crippen molar-refractivity contribution < 1.29 is 8.78 Å². The van der Waals surface area contributed by atoms with Crippen LogP contribution in [-0.4, -0.2) is 6.04 Å². The third-order valence-corrected chi connectivity index (χ3v) is 2.91. The summed E-state index contributed by atoms with van der Waals surface area (Å²) in [6.07, 6.45) is 3.41. The molecule has 0 amide bonds. The molecule has 0 aliphatic carbocycles. The van der Waals surface area contributed by atoms with Crippen LogP contribution in [0.25, 0.3) is 0 Å². The highest BCUT2D eigenvalue weighted by atomic mass is 19.1. The molecule has 1 N–H and O–H groups in total. The van der Waals surface area contributed by atoms with Crippen molar-refractivity contribution in [1.29, 1.82) is 0 Å². The van der Waals surface area contributed by atoms with Crippen molar-refractivity contribution in [2.75, 3.05) is 0 Å². The van der Waals surface area contributed by atoms with Crippen LogP contribution in [0.2, 0.25) is 0 Å². The molecule has 2 unspecified atom stereocenters. The van der Waals surface area contributed by atoms with Crippen molar-refractivity contribution in [1.82, 2.24) is 5.32 Å². The van der Waals surface area contributed by atoms with Crippen LogP contribution in [0, 0.1) is 11.6 Å². The van der Waals surface area contributed by atoms with Gasteiger partial charge in [-0.3, -0.25) is 0 Å². The molecule has 1 aromatic rings. The monoisotopic (exact) mass is 241 g/mol. The molecule has 2 atom stereocenters. The van der Waals surface area contributed by atoms with Crippen LogP contribution in [0.15, 0.2) is 18.2 Å². The van der Waals surface area contributed by atoms with Gasteiger partial charge in [0.25, 0.3) is 0 Å². The van der Waals surface area contributed by atoms with Crippen molar-refractivity contribution in [2.24, 2.45) is 0 Å². The van der Waals surface area contributed by atoms with Crippen molar-refractivity contribution in [3.8, 4) is 0 Å². The average molecular weight is 241 g/mol. The highest BCUT2D eigenvalue weighted by Crippen LogP contribution is 2.17. The summed E-state index contributed by atoms with van der Waals surface area (Å²) in [7, 11) is 0. The normalized spacial score (nSPS) is 14.6. The molecular formula is C14H21F2N. The summed E-state index contributed by atoms with van der Waals surface area (Å²) in [4.78, 5) is 0. The van der Waals surface area contributed by atoms with Gasteiger partial charge >= 0.3 is 0 Å². The van der Waals surface area contributed by atoms with Crippen molar-refractivity contribution in [3.63, 3.8) is 0 Å². The number of hydrogen-bond acceptors (Lipinski definition) is 1. The molecule has 1 aromatic carbocycles. The smallest absolute Gasteiger partial charge is 0.126 e. The third kappa shape index (κ3) is 4.82. The summed E-state index contributed by atoms with van der Waals surface area (Å²) in [5.41, 5.74) is 0.658. The average Bonchev–Trinajstić information content (AvgIpc) is 2.25. The van der Waals surface area contributed by atoms with E-state index in [1.165, 1.54) is 18.6 Å². The molecule has 1 nitrogen and oxygen atoms in total. The fourth-order valence-electron chi connectivity index (χ4n) is 1.94. The zero-order chi connectivity index (χ0) is 12.8. The second-order valence-electron chi connectivity index (χ2n) is 4.63. The van der Waals surface area contributed by atoms with E-state index in [4.69, 9.17) is 0 Å². The summed E-state index contributed by atoms with van der Waals surface area (Å²) in [5.74, 6) is -1.04. The first-order valence-corrected chi connectivity index (χ1v) is 6.25. The number of unbranched alkanes of at least 4 members (excludes halogenated alkanes) is 1. The lowest BCUT2D eigenvalue weighted by atomic mass is 10.1. The maximum absolute atomic E-state index is 13.1. The van der Waals surface area contributed by atoms with Gasteiger partial charge in [0.05, 0.1) is 0 Å². The fourth-order valence-corrected chi connectivity index (χ4v) is 1.94. The van der Waals surface area contributed by atoms with Gasteiger partial charge in [-0.1, -0.05) is 19.8 Å². The Balaban J connectivity index is 2.59. The lowest BCUT2D eigenvalue weighted by Crippen LogP contribution is -2.28. The molecule has 0 aliphatic rings. The Bertz CT molecular complexity index is 332. The zero-order valence-corrected chi connectivity index (χ0v) is 10.8. The van der Waals surface area contributed by atoms with Gasteiger partial charge < -0.3 is 5.32 Å². The fraction of sp³-hybridized carbons (Fsp3) is 0.571. The number of rotatable bonds is 6. The van der Waals surface area contributed by atoms with Crippen LogP contribution in [0.4, 0.5) is 8.78 Å². The van der Waals surface area contributed by atoms with Gasteiger partial charge in [0.2, 0.25) is 0 Å². The highest BCUT2D eigenvalue weighted by Gasteiger charge is 2.11. The Kier molecular flexibility index (Phi) is 5.56. The van der Waals surface area contributed by atoms with Crippen molar-refractivity contribution in [3.05, 3.63) is 35.4 Å². The van der Waals surface area contributed by atoms with Crippen molar-refractivity contribution >= 4 is 0 Å². The van der Waals surface area contributed by atoms with Crippen LogP contribution in [0.3, 0.4) is 0 Å². The van der Waals surface area contributed by atoms with Crippen LogP contribution >= 0.6 is 0 Å².